The highest BCUT2D eigenvalue weighted by atomic mass is 127. The van der Waals surface area contributed by atoms with Gasteiger partial charge in [-0.1, -0.05) is 48.5 Å². The Bertz CT molecular complexity index is 1630. The molecule has 196 valence electrons. The molecule has 1 heterocycles. The maximum absolute atomic E-state index is 13.8. The number of hydrogen-bond acceptors (Lipinski definition) is 4. The highest BCUT2D eigenvalue weighted by Gasteiger charge is 2.35. The number of para-hydroxylation sites is 1. The van der Waals surface area contributed by atoms with Crippen molar-refractivity contribution in [2.45, 2.75) is 6.61 Å². The molecule has 4 aromatic carbocycles. The second kappa shape index (κ2) is 11.7. The van der Waals surface area contributed by atoms with E-state index in [2.05, 4.69) is 80.1 Å². The quantitative estimate of drug-likeness (QED) is 0.132. The molecule has 0 bridgehead atoms. The van der Waals surface area contributed by atoms with Gasteiger partial charge < -0.3 is 15.4 Å². The fourth-order valence-electron chi connectivity index (χ4n) is 4.06. The minimum absolute atomic E-state index is 0.0302. The fourth-order valence-corrected chi connectivity index (χ4v) is 6.19. The lowest BCUT2D eigenvalue weighted by Gasteiger charge is -2.13. The van der Waals surface area contributed by atoms with Gasteiger partial charge >= 0.3 is 6.03 Å². The molecule has 1 aliphatic heterocycles. The lowest BCUT2D eigenvalue weighted by Crippen LogP contribution is -2.38. The SMILES string of the molecule is O=C(CN1C(=O)N/C(=C/c2cc(I)c(OCc3ccc4ccccc4c3)c(I)c2)C1=O)Nc1ccccc1F. The van der Waals surface area contributed by atoms with Crippen LogP contribution in [0.5, 0.6) is 5.75 Å². The zero-order valence-electron chi connectivity index (χ0n) is 20.2. The summed E-state index contributed by atoms with van der Waals surface area (Å²) in [5.74, 6) is -1.23. The molecule has 0 spiro atoms. The Morgan fingerprint density at radius 3 is 2.38 bits per heavy atom. The van der Waals surface area contributed by atoms with Gasteiger partial charge in [-0.05, 0) is 103 Å². The summed E-state index contributed by atoms with van der Waals surface area (Å²) in [5, 5.41) is 7.19. The van der Waals surface area contributed by atoms with Crippen molar-refractivity contribution >= 4 is 85.6 Å². The number of fused-ring (bicyclic) bond motifs is 1. The fraction of sp³-hybridized carbons (Fsp3) is 0.0690. The van der Waals surface area contributed by atoms with Crippen LogP contribution >= 0.6 is 45.2 Å². The van der Waals surface area contributed by atoms with Crippen LogP contribution in [0.1, 0.15) is 11.1 Å². The molecule has 5 rings (SSSR count). The summed E-state index contributed by atoms with van der Waals surface area (Å²) in [6.07, 6.45) is 1.55. The van der Waals surface area contributed by atoms with E-state index in [1.807, 2.05) is 30.3 Å². The Morgan fingerprint density at radius 2 is 1.64 bits per heavy atom. The lowest BCUT2D eigenvalue weighted by molar-refractivity contribution is -0.127. The van der Waals surface area contributed by atoms with Crippen molar-refractivity contribution in [2.24, 2.45) is 0 Å². The number of amides is 4. The molecule has 10 heteroatoms. The summed E-state index contributed by atoms with van der Waals surface area (Å²) in [6.45, 7) is -0.150. The van der Waals surface area contributed by atoms with Gasteiger partial charge in [0.1, 0.15) is 30.4 Å². The second-order valence-electron chi connectivity index (χ2n) is 8.69. The molecule has 4 amide bonds. The smallest absolute Gasteiger partial charge is 0.329 e. The first-order valence-corrected chi connectivity index (χ1v) is 13.9. The van der Waals surface area contributed by atoms with Gasteiger partial charge in [0, 0.05) is 0 Å². The Balaban J connectivity index is 1.26. The molecule has 0 aromatic heterocycles. The van der Waals surface area contributed by atoms with Crippen molar-refractivity contribution in [3.05, 3.63) is 109 Å². The third-order valence-electron chi connectivity index (χ3n) is 5.94. The number of imide groups is 1. The maximum Gasteiger partial charge on any atom is 0.329 e. The zero-order valence-corrected chi connectivity index (χ0v) is 24.5. The molecule has 1 saturated heterocycles. The third-order valence-corrected chi connectivity index (χ3v) is 7.54. The molecular weight excluding hydrogens is 727 g/mol. The molecule has 1 fully saturated rings. The summed E-state index contributed by atoms with van der Waals surface area (Å²) in [5.41, 5.74) is 1.74. The van der Waals surface area contributed by atoms with Crippen molar-refractivity contribution < 1.29 is 23.5 Å². The van der Waals surface area contributed by atoms with Gasteiger partial charge in [0.05, 0.1) is 12.8 Å². The summed E-state index contributed by atoms with van der Waals surface area (Å²) in [6, 6.07) is 23.0. The number of anilines is 1. The monoisotopic (exact) mass is 747 g/mol. The predicted molar refractivity (Wildman–Crippen MR) is 163 cm³/mol. The van der Waals surface area contributed by atoms with Crippen molar-refractivity contribution in [3.8, 4) is 5.75 Å². The first-order valence-electron chi connectivity index (χ1n) is 11.8. The summed E-state index contributed by atoms with van der Waals surface area (Å²) in [4.78, 5) is 38.4. The van der Waals surface area contributed by atoms with Gasteiger partial charge in [0.25, 0.3) is 5.91 Å². The van der Waals surface area contributed by atoms with Gasteiger partial charge in [-0.2, -0.15) is 0 Å². The van der Waals surface area contributed by atoms with Gasteiger partial charge in [0.15, 0.2) is 0 Å². The number of rotatable bonds is 7. The first kappa shape index (κ1) is 27.1. The highest BCUT2D eigenvalue weighted by Crippen LogP contribution is 2.31. The topological polar surface area (TPSA) is 87.7 Å². The predicted octanol–water partition coefficient (Wildman–Crippen LogP) is 6.30. The van der Waals surface area contributed by atoms with E-state index in [9.17, 15) is 18.8 Å². The number of carbonyl (C=O) groups excluding carboxylic acids is 3. The normalized spacial score (nSPS) is 14.1. The van der Waals surface area contributed by atoms with Crippen LogP contribution in [0.2, 0.25) is 0 Å². The van der Waals surface area contributed by atoms with Crippen molar-refractivity contribution in [3.63, 3.8) is 0 Å². The van der Waals surface area contributed by atoms with Crippen LogP contribution < -0.4 is 15.4 Å². The summed E-state index contributed by atoms with van der Waals surface area (Å²) >= 11 is 4.34. The van der Waals surface area contributed by atoms with E-state index in [1.54, 1.807) is 12.1 Å². The molecule has 7 nitrogen and oxygen atoms in total. The average molecular weight is 747 g/mol. The van der Waals surface area contributed by atoms with Gasteiger partial charge in [0.2, 0.25) is 5.91 Å². The Morgan fingerprint density at radius 1 is 0.949 bits per heavy atom. The van der Waals surface area contributed by atoms with Gasteiger partial charge in [-0.3, -0.25) is 9.59 Å². The van der Waals surface area contributed by atoms with Gasteiger partial charge in [-0.15, -0.1) is 0 Å². The Hall–Kier alpha value is -3.52. The van der Waals surface area contributed by atoms with E-state index in [1.165, 1.54) is 23.6 Å². The van der Waals surface area contributed by atoms with Crippen molar-refractivity contribution in [2.75, 3.05) is 11.9 Å². The number of nitrogens with zero attached hydrogens (tertiary/aromatic N) is 1. The van der Waals surface area contributed by atoms with Crippen LogP contribution in [0.3, 0.4) is 0 Å². The van der Waals surface area contributed by atoms with E-state index < -0.39 is 30.2 Å². The second-order valence-corrected chi connectivity index (χ2v) is 11.0. The standard InChI is InChI=1S/C29H20FI2N3O4/c30-21-7-3-4-8-24(21)33-26(36)15-35-28(37)25(34-29(35)38)14-18-12-22(31)27(23(32)13-18)39-16-17-9-10-19-5-1-2-6-20(19)11-17/h1-14H,15-16H2,(H,33,36)(H,34,38)/b25-14+. The number of hydrogen-bond donors (Lipinski definition) is 2. The molecule has 0 saturated carbocycles. The van der Waals surface area contributed by atoms with Crippen LogP contribution in [0.15, 0.2) is 84.6 Å². The minimum Gasteiger partial charge on any atom is -0.487 e. The lowest BCUT2D eigenvalue weighted by atomic mass is 10.1. The molecular formula is C29H20FI2N3O4. The molecule has 1 aliphatic rings. The molecule has 39 heavy (non-hydrogen) atoms. The number of halogens is 3. The van der Waals surface area contributed by atoms with E-state index in [-0.39, 0.29) is 11.4 Å². The minimum atomic E-state index is -0.727. The molecule has 0 radical (unpaired) electrons. The summed E-state index contributed by atoms with van der Waals surface area (Å²) < 4.78 is 21.6. The molecule has 0 aliphatic carbocycles. The molecule has 0 atom stereocenters. The number of benzene rings is 4. The third kappa shape index (κ3) is 6.22. The summed E-state index contributed by atoms with van der Waals surface area (Å²) in [7, 11) is 0. The molecule has 2 N–H and O–H groups in total. The number of nitrogens with one attached hydrogen (secondary N) is 2. The van der Waals surface area contributed by atoms with Crippen molar-refractivity contribution in [1.29, 1.82) is 0 Å². The van der Waals surface area contributed by atoms with Gasteiger partial charge in [-0.25, -0.2) is 14.1 Å². The Kier molecular flexibility index (Phi) is 8.12. The van der Waals surface area contributed by atoms with E-state index in [4.69, 9.17) is 4.74 Å². The zero-order chi connectivity index (χ0) is 27.5. The molecule has 0 unspecified atom stereocenters. The van der Waals surface area contributed by atoms with Crippen LogP contribution in [0, 0.1) is 13.0 Å². The number of ether oxygens (including phenoxy) is 1. The number of carbonyl (C=O) groups is 3. The van der Waals surface area contributed by atoms with E-state index in [0.29, 0.717) is 12.2 Å². The van der Waals surface area contributed by atoms with Crippen LogP contribution in [0.25, 0.3) is 16.8 Å². The highest BCUT2D eigenvalue weighted by molar-refractivity contribution is 14.1. The molecule has 4 aromatic rings. The van der Waals surface area contributed by atoms with Crippen LogP contribution in [-0.4, -0.2) is 29.3 Å². The van der Waals surface area contributed by atoms with E-state index >= 15 is 0 Å². The Labute approximate surface area is 250 Å². The van der Waals surface area contributed by atoms with E-state index in [0.717, 1.165) is 28.7 Å². The number of urea groups is 1. The average Bonchev–Trinajstić information content (AvgIpc) is 3.16. The maximum atomic E-state index is 13.8. The van der Waals surface area contributed by atoms with Crippen LogP contribution in [0.4, 0.5) is 14.9 Å². The van der Waals surface area contributed by atoms with Crippen molar-refractivity contribution in [1.82, 2.24) is 10.2 Å². The first-order chi connectivity index (χ1) is 18.8. The largest absolute Gasteiger partial charge is 0.487 e. The van der Waals surface area contributed by atoms with Crippen LogP contribution in [-0.2, 0) is 16.2 Å².